The topological polar surface area (TPSA) is 214 Å². The van der Waals surface area contributed by atoms with E-state index in [2.05, 4.69) is 62.5 Å². The fourth-order valence-electron chi connectivity index (χ4n) is 7.22. The maximum Gasteiger partial charge on any atom is 0.306 e. The van der Waals surface area contributed by atoms with E-state index in [1.165, 1.54) is 38.5 Å². The number of carbonyl (C=O) groups excluding carboxylic acids is 1. The van der Waals surface area contributed by atoms with Crippen LogP contribution in [0.4, 0.5) is 0 Å². The standard InChI is InChI=1S/C48H84O14/c1-3-5-7-9-11-12-13-14-15-16-17-18-19-20-21-22-23-24-25-26-28-30-32-57-34-37(60-40(50)31-29-27-10-8-6-4-2)35-58-47-46(56)44(54)42(52)39(62-47)36-59-48-45(55)43(53)41(51)38(33-49)61-48/h5,7,11-12,14-15,17-18,37-39,41-49,51-56H,3-4,6,8-10,13,16,19-36H2,1-2H3/b7-5-,12-11-,15-14-,18-17-. The third kappa shape index (κ3) is 24.3. The third-order valence-corrected chi connectivity index (χ3v) is 11.1. The lowest BCUT2D eigenvalue weighted by Gasteiger charge is -2.42. The van der Waals surface area contributed by atoms with Crippen LogP contribution in [0.15, 0.2) is 48.6 Å². The summed E-state index contributed by atoms with van der Waals surface area (Å²) >= 11 is 0. The summed E-state index contributed by atoms with van der Waals surface area (Å²) in [5, 5.41) is 71.8. The highest BCUT2D eigenvalue weighted by atomic mass is 16.7. The van der Waals surface area contributed by atoms with Crippen LogP contribution in [-0.2, 0) is 33.2 Å². The predicted octanol–water partition coefficient (Wildman–Crippen LogP) is 6.01. The molecular weight excluding hydrogens is 801 g/mol. The third-order valence-electron chi connectivity index (χ3n) is 11.1. The largest absolute Gasteiger partial charge is 0.457 e. The minimum atomic E-state index is -1.70. The normalized spacial score (nSPS) is 27.6. The highest BCUT2D eigenvalue weighted by Gasteiger charge is 2.47. The molecule has 0 aromatic heterocycles. The molecule has 0 saturated carbocycles. The Labute approximate surface area is 372 Å². The maximum absolute atomic E-state index is 12.8. The van der Waals surface area contributed by atoms with Gasteiger partial charge in [0.2, 0.25) is 0 Å². The van der Waals surface area contributed by atoms with E-state index >= 15 is 0 Å². The van der Waals surface area contributed by atoms with Gasteiger partial charge in [-0.1, -0.05) is 140 Å². The van der Waals surface area contributed by atoms with Crippen molar-refractivity contribution in [1.82, 2.24) is 0 Å². The van der Waals surface area contributed by atoms with E-state index in [9.17, 15) is 40.5 Å². The van der Waals surface area contributed by atoms with Crippen LogP contribution in [0.25, 0.3) is 0 Å². The SMILES string of the molecule is CC/C=C\C/C=C\C/C=C\C/C=C\CCCCCCCCCCCOCC(COC1OC(COC2OC(CO)C(O)C(O)C2O)C(O)C(O)C1O)OC(=O)CCCCCCCC. The van der Waals surface area contributed by atoms with Crippen LogP contribution in [0.5, 0.6) is 0 Å². The van der Waals surface area contributed by atoms with Crippen molar-refractivity contribution in [2.45, 2.75) is 216 Å². The lowest BCUT2D eigenvalue weighted by atomic mass is 9.98. The fourth-order valence-corrected chi connectivity index (χ4v) is 7.22. The molecule has 7 N–H and O–H groups in total. The predicted molar refractivity (Wildman–Crippen MR) is 238 cm³/mol. The molecule has 2 fully saturated rings. The molecule has 2 aliphatic rings. The van der Waals surface area contributed by atoms with Gasteiger partial charge in [0, 0.05) is 13.0 Å². The number of hydrogen-bond acceptors (Lipinski definition) is 14. The van der Waals surface area contributed by atoms with Crippen molar-refractivity contribution < 1.29 is 69.0 Å². The van der Waals surface area contributed by atoms with Crippen molar-refractivity contribution in [2.24, 2.45) is 0 Å². The van der Waals surface area contributed by atoms with Crippen LogP contribution in [0.2, 0.25) is 0 Å². The summed E-state index contributed by atoms with van der Waals surface area (Å²) in [4.78, 5) is 12.8. The van der Waals surface area contributed by atoms with Gasteiger partial charge in [0.15, 0.2) is 12.6 Å². The van der Waals surface area contributed by atoms with Gasteiger partial charge in [-0.05, 0) is 51.4 Å². The first-order chi connectivity index (χ1) is 30.1. The van der Waals surface area contributed by atoms with Crippen LogP contribution >= 0.6 is 0 Å². The highest BCUT2D eigenvalue weighted by Crippen LogP contribution is 2.26. The van der Waals surface area contributed by atoms with Crippen molar-refractivity contribution >= 4 is 5.97 Å². The maximum atomic E-state index is 12.8. The minimum absolute atomic E-state index is 0.0563. The molecule has 2 rings (SSSR count). The molecule has 62 heavy (non-hydrogen) atoms. The molecule has 0 bridgehead atoms. The number of unbranched alkanes of at least 4 members (excludes halogenated alkanes) is 14. The fraction of sp³-hybridized carbons (Fsp3) is 0.812. The van der Waals surface area contributed by atoms with Gasteiger partial charge in [-0.15, -0.1) is 0 Å². The molecular formula is C48H84O14. The van der Waals surface area contributed by atoms with Crippen LogP contribution < -0.4 is 0 Å². The molecule has 2 saturated heterocycles. The van der Waals surface area contributed by atoms with Crippen molar-refractivity contribution in [1.29, 1.82) is 0 Å². The van der Waals surface area contributed by atoms with E-state index in [-0.39, 0.29) is 25.6 Å². The van der Waals surface area contributed by atoms with Crippen molar-refractivity contribution in [3.63, 3.8) is 0 Å². The summed E-state index contributed by atoms with van der Waals surface area (Å²) in [6.07, 6.45) is 23.6. The first kappa shape index (κ1) is 56.1. The highest BCUT2D eigenvalue weighted by molar-refractivity contribution is 5.69. The van der Waals surface area contributed by atoms with Gasteiger partial charge in [-0.3, -0.25) is 4.79 Å². The van der Waals surface area contributed by atoms with E-state index in [0.717, 1.165) is 83.5 Å². The number of carbonyl (C=O) groups is 1. The quantitative estimate of drug-likeness (QED) is 0.0218. The van der Waals surface area contributed by atoms with Gasteiger partial charge in [0.1, 0.15) is 54.9 Å². The number of esters is 1. The van der Waals surface area contributed by atoms with E-state index in [4.69, 9.17) is 28.4 Å². The lowest BCUT2D eigenvalue weighted by molar-refractivity contribution is -0.332. The number of ether oxygens (including phenoxy) is 6. The molecule has 0 aliphatic carbocycles. The van der Waals surface area contributed by atoms with Crippen LogP contribution in [0.3, 0.4) is 0 Å². The van der Waals surface area contributed by atoms with Crippen molar-refractivity contribution in [3.05, 3.63) is 48.6 Å². The molecule has 0 aromatic carbocycles. The molecule has 2 aliphatic heterocycles. The summed E-state index contributed by atoms with van der Waals surface area (Å²) in [6, 6.07) is 0. The van der Waals surface area contributed by atoms with Crippen LogP contribution in [0, 0.1) is 0 Å². The Kier molecular flexibility index (Phi) is 32.7. The Morgan fingerprint density at radius 3 is 1.65 bits per heavy atom. The smallest absolute Gasteiger partial charge is 0.306 e. The lowest BCUT2D eigenvalue weighted by Crippen LogP contribution is -2.61. The zero-order chi connectivity index (χ0) is 45.2. The van der Waals surface area contributed by atoms with Crippen LogP contribution in [-0.4, -0.2) is 142 Å². The zero-order valence-corrected chi connectivity index (χ0v) is 37.8. The number of aliphatic hydroxyl groups is 7. The molecule has 0 amide bonds. The Morgan fingerprint density at radius 2 is 1.05 bits per heavy atom. The van der Waals surface area contributed by atoms with E-state index < -0.39 is 80.7 Å². The molecule has 11 atom stereocenters. The summed E-state index contributed by atoms with van der Waals surface area (Å²) in [5.74, 6) is -0.390. The summed E-state index contributed by atoms with van der Waals surface area (Å²) in [6.45, 7) is 3.47. The molecule has 11 unspecified atom stereocenters. The minimum Gasteiger partial charge on any atom is -0.457 e. The number of hydrogen-bond donors (Lipinski definition) is 7. The molecule has 360 valence electrons. The second-order valence-electron chi connectivity index (χ2n) is 16.6. The van der Waals surface area contributed by atoms with Gasteiger partial charge in [-0.2, -0.15) is 0 Å². The molecule has 14 heteroatoms. The molecule has 14 nitrogen and oxygen atoms in total. The Morgan fingerprint density at radius 1 is 0.548 bits per heavy atom. The van der Waals surface area contributed by atoms with Gasteiger partial charge >= 0.3 is 5.97 Å². The first-order valence-corrected chi connectivity index (χ1v) is 23.7. The monoisotopic (exact) mass is 885 g/mol. The van der Waals surface area contributed by atoms with Crippen molar-refractivity contribution in [2.75, 3.05) is 33.0 Å². The number of aliphatic hydroxyl groups excluding tert-OH is 7. The second kappa shape index (κ2) is 36.2. The average Bonchev–Trinajstić information content (AvgIpc) is 3.27. The van der Waals surface area contributed by atoms with E-state index in [0.29, 0.717) is 13.0 Å². The summed E-state index contributed by atoms with van der Waals surface area (Å²) in [5.41, 5.74) is 0. The summed E-state index contributed by atoms with van der Waals surface area (Å²) < 4.78 is 34.0. The van der Waals surface area contributed by atoms with Gasteiger partial charge in [0.25, 0.3) is 0 Å². The second-order valence-corrected chi connectivity index (χ2v) is 16.6. The number of allylic oxidation sites excluding steroid dienone is 8. The van der Waals surface area contributed by atoms with Gasteiger partial charge < -0.3 is 64.2 Å². The van der Waals surface area contributed by atoms with E-state index in [1.807, 2.05) is 0 Å². The first-order valence-electron chi connectivity index (χ1n) is 23.7. The van der Waals surface area contributed by atoms with Gasteiger partial charge in [0.05, 0.1) is 26.4 Å². The van der Waals surface area contributed by atoms with Gasteiger partial charge in [-0.25, -0.2) is 0 Å². The Balaban J connectivity index is 1.70. The molecule has 0 aromatic rings. The number of rotatable bonds is 36. The van der Waals surface area contributed by atoms with Crippen molar-refractivity contribution in [3.8, 4) is 0 Å². The average molecular weight is 885 g/mol. The summed E-state index contributed by atoms with van der Waals surface area (Å²) in [7, 11) is 0. The molecule has 0 radical (unpaired) electrons. The Hall–Kier alpha value is -2.05. The van der Waals surface area contributed by atoms with Crippen LogP contribution in [0.1, 0.15) is 149 Å². The molecule has 0 spiro atoms. The zero-order valence-electron chi connectivity index (χ0n) is 37.8. The van der Waals surface area contributed by atoms with E-state index in [1.54, 1.807) is 0 Å². The Bertz CT molecular complexity index is 1210. The molecule has 2 heterocycles.